The van der Waals surface area contributed by atoms with E-state index in [0.29, 0.717) is 6.42 Å². The Bertz CT molecular complexity index is 754. The summed E-state index contributed by atoms with van der Waals surface area (Å²) < 4.78 is 51.3. The molecule has 0 saturated carbocycles. The van der Waals surface area contributed by atoms with Crippen LogP contribution in [0.1, 0.15) is 19.8 Å². The van der Waals surface area contributed by atoms with E-state index in [-0.39, 0.29) is 16.2 Å². The van der Waals surface area contributed by atoms with Gasteiger partial charge in [-0.3, -0.25) is 4.79 Å². The molecule has 0 aliphatic rings. The van der Waals surface area contributed by atoms with Gasteiger partial charge in [0, 0.05) is 14.1 Å². The second kappa shape index (κ2) is 7.39. The van der Waals surface area contributed by atoms with Crippen LogP contribution in [0.3, 0.4) is 0 Å². The zero-order valence-electron chi connectivity index (χ0n) is 13.1. The molecule has 0 bridgehead atoms. The Kier molecular flexibility index (Phi) is 6.28. The minimum Gasteiger partial charge on any atom is -0.480 e. The van der Waals surface area contributed by atoms with Crippen LogP contribution >= 0.6 is 0 Å². The van der Waals surface area contributed by atoms with Gasteiger partial charge in [-0.2, -0.15) is 4.72 Å². The monoisotopic (exact) mass is 364 g/mol. The Balaban J connectivity index is 3.09. The number of hydrogen-bond acceptors (Lipinski definition) is 5. The molecule has 0 heterocycles. The minimum atomic E-state index is -4.05. The van der Waals surface area contributed by atoms with Crippen LogP contribution in [-0.4, -0.2) is 52.4 Å². The van der Waals surface area contributed by atoms with Gasteiger partial charge in [0.1, 0.15) is 6.04 Å². The van der Waals surface area contributed by atoms with Crippen LogP contribution < -0.4 is 4.72 Å². The second-order valence-corrected chi connectivity index (χ2v) is 8.93. The van der Waals surface area contributed by atoms with Crippen molar-refractivity contribution in [2.75, 3.05) is 14.1 Å². The highest BCUT2D eigenvalue weighted by Crippen LogP contribution is 2.17. The molecule has 23 heavy (non-hydrogen) atoms. The Morgan fingerprint density at radius 2 is 1.61 bits per heavy atom. The summed E-state index contributed by atoms with van der Waals surface area (Å²) >= 11 is 0. The van der Waals surface area contributed by atoms with Gasteiger partial charge in [-0.1, -0.05) is 13.3 Å². The maximum absolute atomic E-state index is 12.2. The summed E-state index contributed by atoms with van der Waals surface area (Å²) in [6.07, 6.45) is 0.654. The molecule has 0 saturated heterocycles. The van der Waals surface area contributed by atoms with E-state index in [1.165, 1.54) is 26.2 Å². The van der Waals surface area contributed by atoms with Gasteiger partial charge in [-0.25, -0.2) is 21.1 Å². The SMILES string of the molecule is CCCC(NS(=O)(=O)c1ccc(S(=O)(=O)N(C)C)cc1)C(=O)O. The molecule has 130 valence electrons. The number of carboxylic acid groups (broad SMARTS) is 1. The van der Waals surface area contributed by atoms with Gasteiger partial charge < -0.3 is 5.11 Å². The number of rotatable bonds is 8. The van der Waals surface area contributed by atoms with Gasteiger partial charge in [0.05, 0.1) is 9.79 Å². The molecule has 0 fully saturated rings. The van der Waals surface area contributed by atoms with Crippen molar-refractivity contribution in [3.8, 4) is 0 Å². The third-order valence-corrected chi connectivity index (χ3v) is 6.40. The fourth-order valence-corrected chi connectivity index (χ4v) is 3.90. The van der Waals surface area contributed by atoms with E-state index < -0.39 is 32.1 Å². The molecule has 10 heteroatoms. The summed E-state index contributed by atoms with van der Waals surface area (Å²) in [5.41, 5.74) is 0. The third kappa shape index (κ3) is 4.74. The number of sulfonamides is 2. The largest absolute Gasteiger partial charge is 0.480 e. The van der Waals surface area contributed by atoms with Crippen molar-refractivity contribution in [1.82, 2.24) is 9.03 Å². The van der Waals surface area contributed by atoms with Crippen LogP contribution in [-0.2, 0) is 24.8 Å². The lowest BCUT2D eigenvalue weighted by atomic mass is 10.2. The molecule has 1 atom stereocenters. The second-order valence-electron chi connectivity index (χ2n) is 5.06. The Morgan fingerprint density at radius 3 is 2.00 bits per heavy atom. The number of carbonyl (C=O) groups is 1. The van der Waals surface area contributed by atoms with Gasteiger partial charge in [0.2, 0.25) is 20.0 Å². The molecule has 1 aromatic carbocycles. The van der Waals surface area contributed by atoms with Crippen LogP contribution in [0.2, 0.25) is 0 Å². The molecule has 0 aliphatic heterocycles. The lowest BCUT2D eigenvalue weighted by Gasteiger charge is -2.15. The van der Waals surface area contributed by atoms with Crippen LogP contribution in [0.25, 0.3) is 0 Å². The average Bonchev–Trinajstić information content (AvgIpc) is 2.46. The normalized spacial score (nSPS) is 13.9. The smallest absolute Gasteiger partial charge is 0.321 e. The summed E-state index contributed by atoms with van der Waals surface area (Å²) in [6, 6.07) is 3.36. The topological polar surface area (TPSA) is 121 Å². The molecule has 0 aromatic heterocycles. The van der Waals surface area contributed by atoms with E-state index in [0.717, 1.165) is 16.4 Å². The number of nitrogens with zero attached hydrogens (tertiary/aromatic N) is 1. The van der Waals surface area contributed by atoms with E-state index in [9.17, 15) is 21.6 Å². The van der Waals surface area contributed by atoms with Crippen molar-refractivity contribution < 1.29 is 26.7 Å². The number of aliphatic carboxylic acids is 1. The first-order valence-corrected chi connectivity index (χ1v) is 9.72. The maximum Gasteiger partial charge on any atom is 0.321 e. The number of benzene rings is 1. The van der Waals surface area contributed by atoms with Gasteiger partial charge >= 0.3 is 5.97 Å². The molecule has 0 spiro atoms. The van der Waals surface area contributed by atoms with Crippen molar-refractivity contribution in [3.63, 3.8) is 0 Å². The van der Waals surface area contributed by atoms with Crippen molar-refractivity contribution >= 4 is 26.0 Å². The van der Waals surface area contributed by atoms with Gasteiger partial charge in [0.25, 0.3) is 0 Å². The Labute approximate surface area is 136 Å². The van der Waals surface area contributed by atoms with Crippen LogP contribution in [0.4, 0.5) is 0 Å². The number of carboxylic acids is 1. The molecule has 0 aliphatic carbocycles. The zero-order chi connectivity index (χ0) is 17.8. The highest BCUT2D eigenvalue weighted by Gasteiger charge is 2.25. The minimum absolute atomic E-state index is 0.0511. The quantitative estimate of drug-likeness (QED) is 0.692. The first kappa shape index (κ1) is 19.6. The van der Waals surface area contributed by atoms with Crippen molar-refractivity contribution in [2.24, 2.45) is 0 Å². The fraction of sp³-hybridized carbons (Fsp3) is 0.462. The highest BCUT2D eigenvalue weighted by atomic mass is 32.2. The Morgan fingerprint density at radius 1 is 1.13 bits per heavy atom. The number of hydrogen-bond donors (Lipinski definition) is 2. The van der Waals surface area contributed by atoms with E-state index in [1.54, 1.807) is 6.92 Å². The molecule has 0 amide bonds. The molecular formula is C13H20N2O6S2. The standard InChI is InChI=1S/C13H20N2O6S2/c1-4-5-12(13(16)17)14-22(18,19)10-6-8-11(9-7-10)23(20,21)15(2)3/h6-9,12,14H,4-5H2,1-3H3,(H,16,17). The maximum atomic E-state index is 12.2. The fourth-order valence-electron chi connectivity index (χ4n) is 1.78. The number of nitrogens with one attached hydrogen (secondary N) is 1. The predicted molar refractivity (Wildman–Crippen MR) is 84.0 cm³/mol. The summed E-state index contributed by atoms with van der Waals surface area (Å²) in [7, 11) is -4.98. The summed E-state index contributed by atoms with van der Waals surface area (Å²) in [6.45, 7) is 1.74. The van der Waals surface area contributed by atoms with Crippen molar-refractivity contribution in [3.05, 3.63) is 24.3 Å². The Hall–Kier alpha value is -1.49. The van der Waals surface area contributed by atoms with Crippen LogP contribution in [0.15, 0.2) is 34.1 Å². The van der Waals surface area contributed by atoms with Crippen molar-refractivity contribution in [2.45, 2.75) is 35.6 Å². The average molecular weight is 364 g/mol. The first-order valence-electron chi connectivity index (χ1n) is 6.80. The van der Waals surface area contributed by atoms with E-state index >= 15 is 0 Å². The molecular weight excluding hydrogens is 344 g/mol. The molecule has 1 unspecified atom stereocenters. The van der Waals surface area contributed by atoms with Gasteiger partial charge in [-0.15, -0.1) is 0 Å². The lowest BCUT2D eigenvalue weighted by molar-refractivity contribution is -0.139. The third-order valence-electron chi connectivity index (χ3n) is 3.09. The lowest BCUT2D eigenvalue weighted by Crippen LogP contribution is -2.40. The molecule has 8 nitrogen and oxygen atoms in total. The van der Waals surface area contributed by atoms with Gasteiger partial charge in [0.15, 0.2) is 0 Å². The van der Waals surface area contributed by atoms with Gasteiger partial charge in [-0.05, 0) is 30.7 Å². The molecule has 1 rings (SSSR count). The first-order chi connectivity index (χ1) is 10.5. The summed E-state index contributed by atoms with van der Waals surface area (Å²) in [5, 5.41) is 9.01. The van der Waals surface area contributed by atoms with Crippen LogP contribution in [0.5, 0.6) is 0 Å². The zero-order valence-corrected chi connectivity index (χ0v) is 14.7. The predicted octanol–water partition coefficient (Wildman–Crippen LogP) is 0.468. The molecule has 1 aromatic rings. The van der Waals surface area contributed by atoms with Crippen molar-refractivity contribution in [1.29, 1.82) is 0 Å². The molecule has 2 N–H and O–H groups in total. The molecule has 0 radical (unpaired) electrons. The summed E-state index contributed by atoms with van der Waals surface area (Å²) in [5.74, 6) is -1.26. The van der Waals surface area contributed by atoms with E-state index in [2.05, 4.69) is 4.72 Å². The highest BCUT2D eigenvalue weighted by molar-refractivity contribution is 7.89. The van der Waals surface area contributed by atoms with E-state index in [4.69, 9.17) is 5.11 Å². The van der Waals surface area contributed by atoms with E-state index in [1.807, 2.05) is 0 Å². The summed E-state index contributed by atoms with van der Waals surface area (Å²) in [4.78, 5) is 10.8. The van der Waals surface area contributed by atoms with Crippen LogP contribution in [0, 0.1) is 0 Å².